The molecule has 0 amide bonds. The van der Waals surface area contributed by atoms with Gasteiger partial charge in [0.05, 0.1) is 21.7 Å². The van der Waals surface area contributed by atoms with E-state index >= 15 is 0 Å². The first-order valence-corrected chi connectivity index (χ1v) is 11.8. The number of rotatable bonds is 6. The van der Waals surface area contributed by atoms with E-state index in [0.29, 0.717) is 4.80 Å². The number of para-hydroxylation sites is 1. The average molecular weight is 477 g/mol. The summed E-state index contributed by atoms with van der Waals surface area (Å²) in [6, 6.07) is 36.8. The fraction of sp³-hybridized carbons (Fsp3) is 0. The maximum atomic E-state index is 10.9. The normalized spacial score (nSPS) is 11.7. The highest BCUT2D eigenvalue weighted by Gasteiger charge is 2.18. The van der Waals surface area contributed by atoms with Crippen LogP contribution >= 0.6 is 11.3 Å². The fourth-order valence-electron chi connectivity index (χ4n) is 3.73. The zero-order valence-corrected chi connectivity index (χ0v) is 19.4. The lowest BCUT2D eigenvalue weighted by Crippen LogP contribution is -2.13. The Hall–Kier alpha value is -4.62. The van der Waals surface area contributed by atoms with Gasteiger partial charge in [0.2, 0.25) is 4.80 Å². The first-order chi connectivity index (χ1) is 17.2. The summed E-state index contributed by atoms with van der Waals surface area (Å²) in [5, 5.41) is 19.8. The number of thiazole rings is 1. The van der Waals surface area contributed by atoms with Crippen molar-refractivity contribution in [2.45, 2.75) is 0 Å². The van der Waals surface area contributed by atoms with Gasteiger partial charge in [0.1, 0.15) is 0 Å². The summed E-state index contributed by atoms with van der Waals surface area (Å²) in [7, 11) is 0. The minimum atomic E-state index is -0.421. The standard InChI is InChI=1S/C28H20N4O2S/c33-32(34)25-18-16-21(17-19-25)20-29-30-28-31(24-14-8-3-9-15-24)26(22-10-4-1-5-11-22)27(35-28)23-12-6-2-7-13-23/h1-20H/b29-20+,30-28+. The van der Waals surface area contributed by atoms with Crippen LogP contribution in [0.5, 0.6) is 0 Å². The molecule has 6 nitrogen and oxygen atoms in total. The van der Waals surface area contributed by atoms with Crippen molar-refractivity contribution in [3.63, 3.8) is 0 Å². The first kappa shape index (κ1) is 22.2. The molecule has 170 valence electrons. The third kappa shape index (κ3) is 4.85. The van der Waals surface area contributed by atoms with Gasteiger partial charge in [-0.25, -0.2) is 0 Å². The molecule has 0 radical (unpaired) electrons. The van der Waals surface area contributed by atoms with E-state index < -0.39 is 4.92 Å². The molecule has 5 rings (SSSR count). The number of nitro groups is 1. The molecule has 0 saturated heterocycles. The van der Waals surface area contributed by atoms with Crippen molar-refractivity contribution in [1.29, 1.82) is 0 Å². The van der Waals surface area contributed by atoms with Crippen LogP contribution in [0.3, 0.4) is 0 Å². The predicted octanol–water partition coefficient (Wildman–Crippen LogP) is 6.72. The minimum Gasteiger partial charge on any atom is -0.283 e. The van der Waals surface area contributed by atoms with Crippen LogP contribution in [-0.2, 0) is 0 Å². The van der Waals surface area contributed by atoms with E-state index in [1.54, 1.807) is 29.7 Å². The van der Waals surface area contributed by atoms with Gasteiger partial charge in [-0.1, -0.05) is 90.2 Å². The maximum Gasteiger partial charge on any atom is 0.269 e. The zero-order valence-electron chi connectivity index (χ0n) is 18.6. The second-order valence-electron chi connectivity index (χ2n) is 7.66. The molecule has 0 saturated carbocycles. The Balaban J connectivity index is 1.70. The molecule has 0 aliphatic carbocycles. The van der Waals surface area contributed by atoms with Gasteiger partial charge in [0.25, 0.3) is 5.69 Å². The van der Waals surface area contributed by atoms with Gasteiger partial charge in [-0.2, -0.15) is 5.10 Å². The smallest absolute Gasteiger partial charge is 0.269 e. The summed E-state index contributed by atoms with van der Waals surface area (Å²) >= 11 is 1.56. The second kappa shape index (κ2) is 10.1. The van der Waals surface area contributed by atoms with Gasteiger partial charge in [0.15, 0.2) is 0 Å². The van der Waals surface area contributed by atoms with Crippen molar-refractivity contribution in [2.75, 3.05) is 0 Å². The lowest BCUT2D eigenvalue weighted by molar-refractivity contribution is -0.384. The van der Waals surface area contributed by atoms with Crippen LogP contribution in [0.4, 0.5) is 5.69 Å². The molecule has 0 atom stereocenters. The molecule has 0 aliphatic heterocycles. The third-order valence-electron chi connectivity index (χ3n) is 5.37. The summed E-state index contributed by atoms with van der Waals surface area (Å²) in [6.45, 7) is 0. The van der Waals surface area contributed by atoms with Crippen LogP contribution in [0.15, 0.2) is 125 Å². The monoisotopic (exact) mass is 476 g/mol. The van der Waals surface area contributed by atoms with Crippen molar-refractivity contribution in [3.8, 4) is 27.4 Å². The molecule has 1 heterocycles. The zero-order chi connectivity index (χ0) is 24.0. The van der Waals surface area contributed by atoms with E-state index in [0.717, 1.165) is 32.9 Å². The van der Waals surface area contributed by atoms with Crippen LogP contribution < -0.4 is 4.80 Å². The van der Waals surface area contributed by atoms with Gasteiger partial charge < -0.3 is 0 Å². The number of hydrogen-bond acceptors (Lipinski definition) is 5. The van der Waals surface area contributed by atoms with Crippen molar-refractivity contribution in [2.24, 2.45) is 10.2 Å². The van der Waals surface area contributed by atoms with E-state index in [2.05, 4.69) is 39.0 Å². The van der Waals surface area contributed by atoms with E-state index in [9.17, 15) is 10.1 Å². The summed E-state index contributed by atoms with van der Waals surface area (Å²) < 4.78 is 2.12. The third-order valence-corrected chi connectivity index (χ3v) is 6.45. The van der Waals surface area contributed by atoms with Crippen molar-refractivity contribution < 1.29 is 4.92 Å². The molecule has 35 heavy (non-hydrogen) atoms. The molecule has 7 heteroatoms. The Labute approximate surface area is 206 Å². The molecule has 5 aromatic rings. The summed E-state index contributed by atoms with van der Waals surface area (Å²) in [5.74, 6) is 0. The van der Waals surface area contributed by atoms with Crippen molar-refractivity contribution >= 4 is 23.2 Å². The van der Waals surface area contributed by atoms with Crippen LogP contribution in [0, 0.1) is 10.1 Å². The number of hydrogen-bond donors (Lipinski definition) is 0. The molecular formula is C28H20N4O2S. The van der Waals surface area contributed by atoms with E-state index in [1.165, 1.54) is 12.1 Å². The Morgan fingerprint density at radius 1 is 0.743 bits per heavy atom. The van der Waals surface area contributed by atoms with Crippen LogP contribution in [0.1, 0.15) is 5.56 Å². The highest BCUT2D eigenvalue weighted by atomic mass is 32.1. The van der Waals surface area contributed by atoms with Gasteiger partial charge in [-0.3, -0.25) is 14.7 Å². The predicted molar refractivity (Wildman–Crippen MR) is 141 cm³/mol. The number of non-ortho nitro benzene ring substituents is 1. The molecule has 4 aromatic carbocycles. The van der Waals surface area contributed by atoms with E-state index in [4.69, 9.17) is 0 Å². The number of nitro benzene ring substituents is 1. The summed E-state index contributed by atoms with van der Waals surface area (Å²) in [5.41, 5.74) is 4.97. The summed E-state index contributed by atoms with van der Waals surface area (Å²) in [6.07, 6.45) is 1.60. The maximum absolute atomic E-state index is 10.9. The van der Waals surface area contributed by atoms with Crippen molar-refractivity contribution in [3.05, 3.63) is 136 Å². The highest BCUT2D eigenvalue weighted by Crippen LogP contribution is 2.36. The van der Waals surface area contributed by atoms with Gasteiger partial charge >= 0.3 is 0 Å². The summed E-state index contributed by atoms with van der Waals surface area (Å²) in [4.78, 5) is 12.3. The topological polar surface area (TPSA) is 72.8 Å². The molecule has 0 N–H and O–H groups in total. The van der Waals surface area contributed by atoms with E-state index in [1.807, 2.05) is 66.7 Å². The quantitative estimate of drug-likeness (QED) is 0.155. The molecule has 0 spiro atoms. The number of aromatic nitrogens is 1. The lowest BCUT2D eigenvalue weighted by Gasteiger charge is -2.11. The van der Waals surface area contributed by atoms with Crippen LogP contribution in [-0.4, -0.2) is 15.7 Å². The number of benzene rings is 4. The second-order valence-corrected chi connectivity index (χ2v) is 8.64. The first-order valence-electron chi connectivity index (χ1n) is 10.9. The molecule has 0 unspecified atom stereocenters. The molecule has 0 fully saturated rings. The van der Waals surface area contributed by atoms with Gasteiger partial charge in [-0.05, 0) is 35.4 Å². The SMILES string of the molecule is O=[N+]([O-])c1ccc(/C=N/N=c2/sc(-c3ccccc3)c(-c3ccccc3)n2-c2ccccc2)cc1. The Morgan fingerprint density at radius 2 is 1.31 bits per heavy atom. The molecule has 0 aliphatic rings. The minimum absolute atomic E-state index is 0.0410. The molecular weight excluding hydrogens is 456 g/mol. The Bertz CT molecular complexity index is 1540. The fourth-order valence-corrected chi connectivity index (χ4v) is 4.85. The van der Waals surface area contributed by atoms with Crippen molar-refractivity contribution in [1.82, 2.24) is 4.57 Å². The average Bonchev–Trinajstić information content (AvgIpc) is 3.30. The van der Waals surface area contributed by atoms with E-state index in [-0.39, 0.29) is 5.69 Å². The highest BCUT2D eigenvalue weighted by molar-refractivity contribution is 7.13. The Kier molecular flexibility index (Phi) is 6.41. The van der Waals surface area contributed by atoms with Gasteiger partial charge in [0, 0.05) is 23.4 Å². The lowest BCUT2D eigenvalue weighted by atomic mass is 10.1. The van der Waals surface area contributed by atoms with Crippen LogP contribution in [0.25, 0.3) is 27.4 Å². The molecule has 1 aromatic heterocycles. The number of nitrogens with zero attached hydrogens (tertiary/aromatic N) is 4. The molecule has 0 bridgehead atoms. The van der Waals surface area contributed by atoms with Crippen LogP contribution in [0.2, 0.25) is 0 Å². The van der Waals surface area contributed by atoms with Gasteiger partial charge in [-0.15, -0.1) is 5.10 Å². The Morgan fingerprint density at radius 3 is 1.91 bits per heavy atom. The largest absolute Gasteiger partial charge is 0.283 e.